The summed E-state index contributed by atoms with van der Waals surface area (Å²) in [4.78, 5) is 21.7. The van der Waals surface area contributed by atoms with Crippen molar-refractivity contribution < 1.29 is 23.5 Å². The molecule has 1 atom stereocenters. The number of ether oxygens (including phenoxy) is 1. The van der Waals surface area contributed by atoms with Gasteiger partial charge in [0.15, 0.2) is 0 Å². The van der Waals surface area contributed by atoms with Crippen LogP contribution in [0.2, 0.25) is 0 Å². The number of carbonyl (C=O) groups excluding carboxylic acids is 1. The number of rotatable bonds is 22. The molecule has 0 aliphatic carbocycles. The molecule has 0 fully saturated rings. The van der Waals surface area contributed by atoms with Crippen LogP contribution in [0.5, 0.6) is 0 Å². The smallest absolute Gasteiger partial charge is 0.338 e. The van der Waals surface area contributed by atoms with Gasteiger partial charge in [0.2, 0.25) is 0 Å². The minimum atomic E-state index is -3.05. The standard InChI is InChI=1S/C29H53N2O4P/c1-5-36(33,34)30-24-18-16-14-12-10-8-6-7-9-11-13-15-17-19-25-35-29(32)28-22-20-27(21-23-28)26-31(2,3)4/h20-23H,5-19,24-26H2,1-4H3,(H-,30,33,34)/p+1. The Balaban J connectivity index is 1.87. The van der Waals surface area contributed by atoms with Crippen molar-refractivity contribution in [2.24, 2.45) is 0 Å². The summed E-state index contributed by atoms with van der Waals surface area (Å²) in [5.41, 5.74) is 1.87. The molecule has 0 saturated heterocycles. The fourth-order valence-corrected chi connectivity index (χ4v) is 4.99. The molecule has 1 rings (SSSR count). The fourth-order valence-electron chi connectivity index (χ4n) is 4.26. The van der Waals surface area contributed by atoms with Crippen LogP contribution in [-0.2, 0) is 15.8 Å². The highest BCUT2D eigenvalue weighted by Crippen LogP contribution is 2.33. The van der Waals surface area contributed by atoms with Crippen molar-refractivity contribution in [2.45, 2.75) is 103 Å². The molecule has 1 aromatic carbocycles. The van der Waals surface area contributed by atoms with Crippen molar-refractivity contribution in [1.29, 1.82) is 0 Å². The van der Waals surface area contributed by atoms with Crippen LogP contribution in [-0.4, -0.2) is 55.8 Å². The number of carbonyl (C=O) groups is 1. The fraction of sp³-hybridized carbons (Fsp3) is 0.759. The van der Waals surface area contributed by atoms with Gasteiger partial charge < -0.3 is 14.1 Å². The predicted octanol–water partition coefficient (Wildman–Crippen LogP) is 7.31. The van der Waals surface area contributed by atoms with Crippen LogP contribution in [0.15, 0.2) is 24.3 Å². The van der Waals surface area contributed by atoms with E-state index in [-0.39, 0.29) is 5.97 Å². The van der Waals surface area contributed by atoms with E-state index in [2.05, 4.69) is 26.2 Å². The third-order valence-electron chi connectivity index (χ3n) is 6.44. The topological polar surface area (TPSA) is 75.6 Å². The Morgan fingerprint density at radius 3 is 1.69 bits per heavy atom. The van der Waals surface area contributed by atoms with Gasteiger partial charge in [0.25, 0.3) is 7.52 Å². The van der Waals surface area contributed by atoms with Crippen LogP contribution in [0, 0.1) is 0 Å². The third-order valence-corrected chi connectivity index (χ3v) is 8.01. The van der Waals surface area contributed by atoms with Gasteiger partial charge in [0.05, 0.1) is 33.3 Å². The average Bonchev–Trinajstić information content (AvgIpc) is 2.82. The first-order valence-electron chi connectivity index (χ1n) is 14.3. The zero-order valence-corrected chi connectivity index (χ0v) is 24.5. The maximum Gasteiger partial charge on any atom is 0.338 e. The van der Waals surface area contributed by atoms with Gasteiger partial charge in [-0.25, -0.2) is 9.88 Å². The normalized spacial score (nSPS) is 13.5. The number of hydrogen-bond acceptors (Lipinski definition) is 3. The molecule has 0 heterocycles. The third kappa shape index (κ3) is 18.1. The van der Waals surface area contributed by atoms with E-state index in [1.54, 1.807) is 6.92 Å². The Kier molecular flexibility index (Phi) is 17.3. The summed E-state index contributed by atoms with van der Waals surface area (Å²) in [5, 5.41) is 2.77. The van der Waals surface area contributed by atoms with Gasteiger partial charge >= 0.3 is 5.97 Å². The van der Waals surface area contributed by atoms with Gasteiger partial charge in [0.1, 0.15) is 6.54 Å². The first-order chi connectivity index (χ1) is 17.1. The molecule has 36 heavy (non-hydrogen) atoms. The van der Waals surface area contributed by atoms with Crippen molar-refractivity contribution >= 4 is 13.5 Å². The monoisotopic (exact) mass is 525 g/mol. The van der Waals surface area contributed by atoms with E-state index in [0.29, 0.717) is 24.9 Å². The van der Waals surface area contributed by atoms with E-state index in [0.717, 1.165) is 36.7 Å². The number of quaternary nitrogens is 1. The number of unbranched alkanes of at least 4 members (excludes halogenated alkanes) is 13. The summed E-state index contributed by atoms with van der Waals surface area (Å²) in [6.45, 7) is 3.84. The van der Waals surface area contributed by atoms with Crippen molar-refractivity contribution in [3.05, 3.63) is 35.4 Å². The van der Waals surface area contributed by atoms with Crippen molar-refractivity contribution in [2.75, 3.05) is 40.5 Å². The van der Waals surface area contributed by atoms with Gasteiger partial charge in [-0.1, -0.05) is 96.1 Å². The molecule has 0 aliphatic heterocycles. The number of benzene rings is 1. The molecule has 6 nitrogen and oxygen atoms in total. The molecule has 2 N–H and O–H groups in total. The molecule has 0 bridgehead atoms. The number of esters is 1. The lowest BCUT2D eigenvalue weighted by atomic mass is 10.0. The van der Waals surface area contributed by atoms with Crippen LogP contribution in [0.4, 0.5) is 0 Å². The van der Waals surface area contributed by atoms with Crippen LogP contribution in [0.25, 0.3) is 0 Å². The molecule has 0 aromatic heterocycles. The quantitative estimate of drug-likeness (QED) is 0.0719. The van der Waals surface area contributed by atoms with Crippen LogP contribution >= 0.6 is 7.52 Å². The van der Waals surface area contributed by atoms with Crippen molar-refractivity contribution in [3.63, 3.8) is 0 Å². The molecule has 0 saturated carbocycles. The first kappa shape index (κ1) is 32.8. The second-order valence-corrected chi connectivity index (χ2v) is 13.5. The summed E-state index contributed by atoms with van der Waals surface area (Å²) in [7, 11) is 3.42. The van der Waals surface area contributed by atoms with Crippen LogP contribution in [0.3, 0.4) is 0 Å². The first-order valence-corrected chi connectivity index (χ1v) is 16.1. The van der Waals surface area contributed by atoms with Gasteiger partial charge in [-0.05, 0) is 25.0 Å². The molecular formula is C29H54N2O4P+. The lowest BCUT2D eigenvalue weighted by Gasteiger charge is -2.23. The van der Waals surface area contributed by atoms with E-state index in [1.165, 1.54) is 69.8 Å². The number of nitrogens with zero attached hydrogens (tertiary/aromatic N) is 1. The number of hydrogen-bond donors (Lipinski definition) is 2. The number of nitrogens with one attached hydrogen (secondary N) is 1. The Morgan fingerprint density at radius 1 is 0.806 bits per heavy atom. The second kappa shape index (κ2) is 19.0. The predicted molar refractivity (Wildman–Crippen MR) is 151 cm³/mol. The molecule has 7 heteroatoms. The van der Waals surface area contributed by atoms with E-state index in [4.69, 9.17) is 4.74 Å². The SMILES string of the molecule is CCP(=O)(O)NCCCCCCCCCCCCCCCCOC(=O)c1ccc(C[N+](C)(C)C)cc1. The zero-order chi connectivity index (χ0) is 26.7. The lowest BCUT2D eigenvalue weighted by Crippen LogP contribution is -2.33. The lowest BCUT2D eigenvalue weighted by molar-refractivity contribution is -0.884. The molecule has 1 aromatic rings. The van der Waals surface area contributed by atoms with Gasteiger partial charge in [-0.3, -0.25) is 4.57 Å². The van der Waals surface area contributed by atoms with Crippen LogP contribution in [0.1, 0.15) is 113 Å². The van der Waals surface area contributed by atoms with E-state index >= 15 is 0 Å². The van der Waals surface area contributed by atoms with Crippen molar-refractivity contribution in [3.8, 4) is 0 Å². The molecule has 208 valence electrons. The molecule has 0 amide bonds. The van der Waals surface area contributed by atoms with E-state index < -0.39 is 7.52 Å². The Bertz CT molecular complexity index is 747. The van der Waals surface area contributed by atoms with Crippen molar-refractivity contribution in [1.82, 2.24) is 5.09 Å². The largest absolute Gasteiger partial charge is 0.462 e. The van der Waals surface area contributed by atoms with Gasteiger partial charge in [-0.15, -0.1) is 0 Å². The Morgan fingerprint density at radius 2 is 1.25 bits per heavy atom. The molecule has 0 aliphatic rings. The highest BCUT2D eigenvalue weighted by molar-refractivity contribution is 7.55. The van der Waals surface area contributed by atoms with Gasteiger partial charge in [-0.2, -0.15) is 0 Å². The summed E-state index contributed by atoms with van der Waals surface area (Å²) in [5.74, 6) is -0.214. The minimum absolute atomic E-state index is 0.214. The van der Waals surface area contributed by atoms with Gasteiger partial charge in [0, 0.05) is 18.3 Å². The summed E-state index contributed by atoms with van der Waals surface area (Å²) in [6.07, 6.45) is 17.4. The van der Waals surface area contributed by atoms with E-state index in [1.807, 2.05) is 24.3 Å². The summed E-state index contributed by atoms with van der Waals surface area (Å²) < 4.78 is 17.8. The molecular weight excluding hydrogens is 471 g/mol. The Hall–Kier alpha value is -1.20. The highest BCUT2D eigenvalue weighted by Gasteiger charge is 2.12. The second-order valence-electron chi connectivity index (χ2n) is 11.2. The molecule has 0 spiro atoms. The molecule has 0 radical (unpaired) electrons. The Labute approximate surface area is 221 Å². The van der Waals surface area contributed by atoms with E-state index in [9.17, 15) is 14.3 Å². The molecule has 1 unspecified atom stereocenters. The maximum atomic E-state index is 12.2. The van der Waals surface area contributed by atoms with Crippen LogP contribution < -0.4 is 5.09 Å². The minimum Gasteiger partial charge on any atom is -0.462 e. The summed E-state index contributed by atoms with van der Waals surface area (Å²) in [6, 6.07) is 7.79. The maximum absolute atomic E-state index is 12.2. The summed E-state index contributed by atoms with van der Waals surface area (Å²) >= 11 is 0. The average molecular weight is 526 g/mol. The highest BCUT2D eigenvalue weighted by atomic mass is 31.2. The zero-order valence-electron chi connectivity index (χ0n) is 23.6.